The Morgan fingerprint density at radius 3 is 2.82 bits per heavy atom. The lowest BCUT2D eigenvalue weighted by molar-refractivity contribution is 0.100. The lowest BCUT2D eigenvalue weighted by atomic mass is 10.1. The van der Waals surface area contributed by atoms with Gasteiger partial charge in [-0.25, -0.2) is 4.39 Å². The van der Waals surface area contributed by atoms with Crippen molar-refractivity contribution in [1.29, 1.82) is 0 Å². The molecule has 0 saturated heterocycles. The number of nitrogens with two attached hydrogens (primary N) is 1. The van der Waals surface area contributed by atoms with E-state index in [1.807, 2.05) is 6.92 Å². The van der Waals surface area contributed by atoms with Gasteiger partial charge in [0.2, 0.25) is 5.91 Å². The molecule has 0 aliphatic rings. The van der Waals surface area contributed by atoms with Crippen LogP contribution in [0, 0.1) is 5.82 Å². The summed E-state index contributed by atoms with van der Waals surface area (Å²) in [6, 6.07) is 4.00. The molecule has 0 fully saturated rings. The van der Waals surface area contributed by atoms with E-state index >= 15 is 0 Å². The molecule has 0 heterocycles. The van der Waals surface area contributed by atoms with Gasteiger partial charge in [-0.05, 0) is 24.6 Å². The number of carbonyl (C=O) groups excluding carboxylic acids is 1. The first-order chi connectivity index (χ1) is 8.08. The van der Waals surface area contributed by atoms with Crippen molar-refractivity contribution in [2.75, 3.05) is 19.0 Å². The molecule has 1 unspecified atom stereocenters. The predicted octanol–water partition coefficient (Wildman–Crippen LogP) is 1.76. The van der Waals surface area contributed by atoms with Crippen LogP contribution in [0.4, 0.5) is 10.1 Å². The Bertz CT molecular complexity index is 396. The van der Waals surface area contributed by atoms with Gasteiger partial charge in [0.1, 0.15) is 5.82 Å². The fourth-order valence-electron chi connectivity index (χ4n) is 1.47. The van der Waals surface area contributed by atoms with E-state index in [-0.39, 0.29) is 17.3 Å². The van der Waals surface area contributed by atoms with E-state index in [0.717, 1.165) is 6.42 Å². The zero-order valence-electron chi connectivity index (χ0n) is 10.00. The summed E-state index contributed by atoms with van der Waals surface area (Å²) in [7, 11) is 1.58. The van der Waals surface area contributed by atoms with Crippen LogP contribution in [-0.2, 0) is 4.74 Å². The predicted molar refractivity (Wildman–Crippen MR) is 64.5 cm³/mol. The zero-order chi connectivity index (χ0) is 12.8. The highest BCUT2D eigenvalue weighted by Gasteiger charge is 2.11. The first kappa shape index (κ1) is 13.4. The van der Waals surface area contributed by atoms with Gasteiger partial charge in [0.05, 0.1) is 12.3 Å². The maximum atomic E-state index is 13.5. The van der Waals surface area contributed by atoms with E-state index in [1.165, 1.54) is 18.2 Å². The lowest BCUT2D eigenvalue weighted by Gasteiger charge is -2.18. The van der Waals surface area contributed by atoms with Crippen LogP contribution in [0.15, 0.2) is 18.2 Å². The van der Waals surface area contributed by atoms with Crippen molar-refractivity contribution >= 4 is 11.6 Å². The Morgan fingerprint density at radius 1 is 1.59 bits per heavy atom. The summed E-state index contributed by atoms with van der Waals surface area (Å²) in [5.41, 5.74) is 5.69. The van der Waals surface area contributed by atoms with Crippen molar-refractivity contribution in [3.05, 3.63) is 29.6 Å². The number of carbonyl (C=O) groups is 1. The van der Waals surface area contributed by atoms with Crippen LogP contribution in [0.3, 0.4) is 0 Å². The number of hydrogen-bond donors (Lipinski definition) is 2. The number of rotatable bonds is 6. The van der Waals surface area contributed by atoms with Gasteiger partial charge in [0, 0.05) is 18.7 Å². The zero-order valence-corrected chi connectivity index (χ0v) is 10.00. The first-order valence-corrected chi connectivity index (χ1v) is 5.43. The van der Waals surface area contributed by atoms with Gasteiger partial charge in [-0.2, -0.15) is 0 Å². The lowest BCUT2D eigenvalue weighted by Crippen LogP contribution is -2.24. The molecule has 17 heavy (non-hydrogen) atoms. The highest BCUT2D eigenvalue weighted by molar-refractivity contribution is 5.93. The number of hydrogen-bond acceptors (Lipinski definition) is 3. The molecule has 1 rings (SSSR count). The molecule has 0 aliphatic heterocycles. The topological polar surface area (TPSA) is 64.3 Å². The number of primary amides is 1. The molecule has 1 atom stereocenters. The van der Waals surface area contributed by atoms with Gasteiger partial charge < -0.3 is 15.8 Å². The van der Waals surface area contributed by atoms with Crippen molar-refractivity contribution in [1.82, 2.24) is 0 Å². The summed E-state index contributed by atoms with van der Waals surface area (Å²) in [6.07, 6.45) is 0.786. The molecule has 0 aliphatic carbocycles. The van der Waals surface area contributed by atoms with Gasteiger partial charge >= 0.3 is 0 Å². The second-order valence-electron chi connectivity index (χ2n) is 3.76. The fraction of sp³-hybridized carbons (Fsp3) is 0.417. The number of halogens is 1. The van der Waals surface area contributed by atoms with Gasteiger partial charge in [-0.3, -0.25) is 4.79 Å². The van der Waals surface area contributed by atoms with E-state index in [2.05, 4.69) is 5.32 Å². The van der Waals surface area contributed by atoms with Gasteiger partial charge in [0.25, 0.3) is 0 Å². The highest BCUT2D eigenvalue weighted by atomic mass is 19.1. The molecule has 0 aromatic heterocycles. The fourth-order valence-corrected chi connectivity index (χ4v) is 1.47. The van der Waals surface area contributed by atoms with Gasteiger partial charge in [-0.1, -0.05) is 6.92 Å². The minimum Gasteiger partial charge on any atom is -0.383 e. The van der Waals surface area contributed by atoms with E-state index < -0.39 is 11.7 Å². The largest absolute Gasteiger partial charge is 0.383 e. The van der Waals surface area contributed by atoms with Crippen molar-refractivity contribution in [2.24, 2.45) is 5.73 Å². The molecule has 0 spiro atoms. The van der Waals surface area contributed by atoms with Crippen LogP contribution in [-0.4, -0.2) is 25.7 Å². The molecule has 0 radical (unpaired) electrons. The summed E-state index contributed by atoms with van der Waals surface area (Å²) in [6.45, 7) is 2.43. The average Bonchev–Trinajstić information content (AvgIpc) is 2.30. The number of anilines is 1. The van der Waals surface area contributed by atoms with Crippen LogP contribution < -0.4 is 11.1 Å². The summed E-state index contributed by atoms with van der Waals surface area (Å²) in [5.74, 6) is -0.989. The molecular weight excluding hydrogens is 223 g/mol. The monoisotopic (exact) mass is 240 g/mol. The third-order valence-corrected chi connectivity index (χ3v) is 2.47. The molecule has 1 aromatic carbocycles. The van der Waals surface area contributed by atoms with Crippen LogP contribution in [0.1, 0.15) is 23.7 Å². The summed E-state index contributed by atoms with van der Waals surface area (Å²) < 4.78 is 18.5. The number of amides is 1. The van der Waals surface area contributed by atoms with Crippen LogP contribution in [0.2, 0.25) is 0 Å². The van der Waals surface area contributed by atoms with Gasteiger partial charge in [0.15, 0.2) is 0 Å². The van der Waals surface area contributed by atoms with Crippen molar-refractivity contribution in [3.8, 4) is 0 Å². The van der Waals surface area contributed by atoms with Crippen molar-refractivity contribution in [2.45, 2.75) is 19.4 Å². The number of nitrogens with one attached hydrogen (secondary N) is 1. The maximum Gasteiger partial charge on any atom is 0.248 e. The molecule has 1 aromatic rings. The van der Waals surface area contributed by atoms with E-state index in [0.29, 0.717) is 6.61 Å². The molecule has 0 bridgehead atoms. The molecule has 0 saturated carbocycles. The third-order valence-electron chi connectivity index (χ3n) is 2.47. The quantitative estimate of drug-likeness (QED) is 0.796. The van der Waals surface area contributed by atoms with Crippen LogP contribution in [0.25, 0.3) is 0 Å². The Hall–Kier alpha value is -1.62. The Morgan fingerprint density at radius 2 is 2.29 bits per heavy atom. The highest BCUT2D eigenvalue weighted by Crippen LogP contribution is 2.17. The number of methoxy groups -OCH3 is 1. The third kappa shape index (κ3) is 3.71. The van der Waals surface area contributed by atoms with Crippen molar-refractivity contribution in [3.63, 3.8) is 0 Å². The smallest absolute Gasteiger partial charge is 0.248 e. The molecular formula is C12H17FN2O2. The van der Waals surface area contributed by atoms with E-state index in [4.69, 9.17) is 10.5 Å². The van der Waals surface area contributed by atoms with E-state index in [1.54, 1.807) is 7.11 Å². The molecule has 5 heteroatoms. The standard InChI is InChI=1S/C12H17FN2O2/c1-3-9(7-17-2)15-11-6-8(12(14)16)4-5-10(11)13/h4-6,9,15H,3,7H2,1-2H3,(H2,14,16). The van der Waals surface area contributed by atoms with Crippen LogP contribution in [0.5, 0.6) is 0 Å². The molecule has 4 nitrogen and oxygen atoms in total. The first-order valence-electron chi connectivity index (χ1n) is 5.43. The van der Waals surface area contributed by atoms with Gasteiger partial charge in [-0.15, -0.1) is 0 Å². The number of benzene rings is 1. The molecule has 94 valence electrons. The van der Waals surface area contributed by atoms with Crippen LogP contribution >= 0.6 is 0 Å². The average molecular weight is 240 g/mol. The Kier molecular flexibility index (Phi) is 4.90. The minimum absolute atomic E-state index is 0.00220. The van der Waals surface area contributed by atoms with E-state index in [9.17, 15) is 9.18 Å². The summed E-state index contributed by atoms with van der Waals surface area (Å²) >= 11 is 0. The number of ether oxygens (including phenoxy) is 1. The summed E-state index contributed by atoms with van der Waals surface area (Å²) in [4.78, 5) is 11.0. The molecule has 1 amide bonds. The Labute approximate surface area is 100.0 Å². The normalized spacial score (nSPS) is 12.2. The SMILES string of the molecule is CCC(COC)Nc1cc(C(N)=O)ccc1F. The maximum absolute atomic E-state index is 13.5. The second kappa shape index (κ2) is 6.20. The van der Waals surface area contributed by atoms with Crippen molar-refractivity contribution < 1.29 is 13.9 Å². The summed E-state index contributed by atoms with van der Waals surface area (Å²) in [5, 5.41) is 2.99. The minimum atomic E-state index is -0.576. The second-order valence-corrected chi connectivity index (χ2v) is 3.76. The Balaban J connectivity index is 2.88. The molecule has 3 N–H and O–H groups in total.